The second-order valence-corrected chi connectivity index (χ2v) is 5.80. The van der Waals surface area contributed by atoms with Gasteiger partial charge in [-0.3, -0.25) is 0 Å². The number of rotatable bonds is 5. The van der Waals surface area contributed by atoms with Crippen LogP contribution in [-0.4, -0.2) is 22.1 Å². The Bertz CT molecular complexity index is 342. The van der Waals surface area contributed by atoms with Crippen LogP contribution in [0.3, 0.4) is 0 Å². The topological polar surface area (TPSA) is 49.8 Å². The van der Waals surface area contributed by atoms with Gasteiger partial charge in [-0.1, -0.05) is 13.8 Å². The average molecular weight is 236 g/mol. The first-order valence-corrected chi connectivity index (χ1v) is 6.16. The quantitative estimate of drug-likeness (QED) is 0.824. The van der Waals surface area contributed by atoms with E-state index in [4.69, 9.17) is 0 Å². The molecule has 0 saturated carbocycles. The van der Waals surface area contributed by atoms with Crippen LogP contribution < -0.4 is 10.6 Å². The molecule has 17 heavy (non-hydrogen) atoms. The molecule has 0 saturated heterocycles. The molecule has 1 rings (SSSR count). The maximum absolute atomic E-state index is 4.30. The smallest absolute Gasteiger partial charge is 0.134 e. The molecule has 0 radical (unpaired) electrons. The van der Waals surface area contributed by atoms with E-state index in [1.54, 1.807) is 6.33 Å². The lowest BCUT2D eigenvalue weighted by molar-refractivity contribution is 0.550. The third kappa shape index (κ3) is 5.63. The normalized spacial score (nSPS) is 11.9. The third-order valence-electron chi connectivity index (χ3n) is 2.15. The molecule has 0 aliphatic heterocycles. The summed E-state index contributed by atoms with van der Waals surface area (Å²) in [5, 5.41) is 6.80. The first kappa shape index (κ1) is 13.9. The number of anilines is 1. The van der Waals surface area contributed by atoms with E-state index in [2.05, 4.69) is 55.2 Å². The molecule has 0 unspecified atom stereocenters. The average Bonchev–Trinajstić information content (AvgIpc) is 2.17. The highest BCUT2D eigenvalue weighted by Crippen LogP contribution is 2.15. The van der Waals surface area contributed by atoms with Gasteiger partial charge in [0.25, 0.3) is 0 Å². The molecule has 1 heterocycles. The number of hydrogen-bond acceptors (Lipinski definition) is 4. The summed E-state index contributed by atoms with van der Waals surface area (Å²) in [7, 11) is 0. The van der Waals surface area contributed by atoms with E-state index in [1.165, 1.54) is 0 Å². The predicted molar refractivity (Wildman–Crippen MR) is 72.0 cm³/mol. The van der Waals surface area contributed by atoms with Gasteiger partial charge in [-0.05, 0) is 33.2 Å². The minimum Gasteiger partial charge on any atom is -0.365 e. The van der Waals surface area contributed by atoms with Crippen LogP contribution in [0.5, 0.6) is 0 Å². The van der Waals surface area contributed by atoms with Gasteiger partial charge in [-0.2, -0.15) is 0 Å². The zero-order chi connectivity index (χ0) is 12.9. The number of aromatic nitrogens is 2. The molecule has 0 aliphatic rings. The van der Waals surface area contributed by atoms with E-state index in [0.717, 1.165) is 24.5 Å². The number of nitrogens with zero attached hydrogens (tertiary/aromatic N) is 2. The van der Waals surface area contributed by atoms with E-state index in [9.17, 15) is 0 Å². The third-order valence-corrected chi connectivity index (χ3v) is 2.15. The van der Waals surface area contributed by atoms with Crippen molar-refractivity contribution in [2.45, 2.75) is 46.7 Å². The molecule has 1 aromatic rings. The lowest BCUT2D eigenvalue weighted by atomic mass is 10.1. The lowest BCUT2D eigenvalue weighted by Gasteiger charge is -2.23. The maximum atomic E-state index is 4.30. The molecule has 1 aromatic heterocycles. The van der Waals surface area contributed by atoms with Crippen LogP contribution in [0, 0.1) is 5.92 Å². The molecule has 4 nitrogen and oxygen atoms in total. The van der Waals surface area contributed by atoms with Gasteiger partial charge >= 0.3 is 0 Å². The highest BCUT2D eigenvalue weighted by Gasteiger charge is 2.13. The molecule has 0 aliphatic carbocycles. The second-order valence-electron chi connectivity index (χ2n) is 5.80. The molecule has 0 bridgehead atoms. The SMILES string of the molecule is CC(C)CNCc1cncnc1NC(C)(C)C. The molecule has 4 heteroatoms. The van der Waals surface area contributed by atoms with Gasteiger partial charge in [0.2, 0.25) is 0 Å². The van der Waals surface area contributed by atoms with Crippen molar-refractivity contribution in [2.75, 3.05) is 11.9 Å². The van der Waals surface area contributed by atoms with Crippen molar-refractivity contribution >= 4 is 5.82 Å². The van der Waals surface area contributed by atoms with Crippen molar-refractivity contribution in [2.24, 2.45) is 5.92 Å². The molecule has 0 fully saturated rings. The Morgan fingerprint density at radius 2 is 2.00 bits per heavy atom. The van der Waals surface area contributed by atoms with Crippen molar-refractivity contribution in [1.29, 1.82) is 0 Å². The summed E-state index contributed by atoms with van der Waals surface area (Å²) < 4.78 is 0. The molecular formula is C13H24N4. The predicted octanol–water partition coefficient (Wildman–Crippen LogP) is 2.43. The molecule has 0 spiro atoms. The minimum absolute atomic E-state index is 0.0150. The molecule has 0 aromatic carbocycles. The standard InChI is InChI=1S/C13H24N4/c1-10(2)6-14-7-11-8-15-9-16-12(11)17-13(3,4)5/h8-10,14H,6-7H2,1-5H3,(H,15,16,17). The first-order chi connectivity index (χ1) is 7.88. The fourth-order valence-electron chi connectivity index (χ4n) is 1.45. The van der Waals surface area contributed by atoms with Crippen molar-refractivity contribution in [3.63, 3.8) is 0 Å². The van der Waals surface area contributed by atoms with Crippen LogP contribution >= 0.6 is 0 Å². The van der Waals surface area contributed by atoms with Crippen molar-refractivity contribution in [3.05, 3.63) is 18.1 Å². The molecular weight excluding hydrogens is 212 g/mol. The van der Waals surface area contributed by atoms with Crippen LogP contribution in [-0.2, 0) is 6.54 Å². The Labute approximate surface area is 104 Å². The molecule has 96 valence electrons. The lowest BCUT2D eigenvalue weighted by Crippen LogP contribution is -2.28. The van der Waals surface area contributed by atoms with Crippen LogP contribution in [0.2, 0.25) is 0 Å². The fourth-order valence-corrected chi connectivity index (χ4v) is 1.45. The number of hydrogen-bond donors (Lipinski definition) is 2. The highest BCUT2D eigenvalue weighted by atomic mass is 15.1. The molecule has 0 amide bonds. The monoisotopic (exact) mass is 236 g/mol. The first-order valence-electron chi connectivity index (χ1n) is 6.16. The van der Waals surface area contributed by atoms with Crippen LogP contribution in [0.25, 0.3) is 0 Å². The number of nitrogens with one attached hydrogen (secondary N) is 2. The summed E-state index contributed by atoms with van der Waals surface area (Å²) in [4.78, 5) is 8.38. The highest BCUT2D eigenvalue weighted by molar-refractivity contribution is 5.43. The Hall–Kier alpha value is -1.16. The Morgan fingerprint density at radius 3 is 2.59 bits per heavy atom. The summed E-state index contributed by atoms with van der Waals surface area (Å²) >= 11 is 0. The summed E-state index contributed by atoms with van der Waals surface area (Å²) in [5.41, 5.74) is 1.13. The van der Waals surface area contributed by atoms with E-state index in [-0.39, 0.29) is 5.54 Å². The summed E-state index contributed by atoms with van der Waals surface area (Å²) in [5.74, 6) is 1.57. The van der Waals surface area contributed by atoms with Gasteiger partial charge in [0, 0.05) is 23.8 Å². The summed E-state index contributed by atoms with van der Waals surface area (Å²) in [6.45, 7) is 12.6. The van der Waals surface area contributed by atoms with Crippen LogP contribution in [0.4, 0.5) is 5.82 Å². The van der Waals surface area contributed by atoms with Gasteiger partial charge in [-0.15, -0.1) is 0 Å². The van der Waals surface area contributed by atoms with Gasteiger partial charge in [0.1, 0.15) is 12.1 Å². The van der Waals surface area contributed by atoms with Gasteiger partial charge in [0.05, 0.1) is 0 Å². The van der Waals surface area contributed by atoms with Gasteiger partial charge in [-0.25, -0.2) is 9.97 Å². The Balaban J connectivity index is 2.64. The fraction of sp³-hybridized carbons (Fsp3) is 0.692. The zero-order valence-corrected chi connectivity index (χ0v) is 11.5. The zero-order valence-electron chi connectivity index (χ0n) is 11.5. The summed E-state index contributed by atoms with van der Waals surface area (Å²) in [6.07, 6.45) is 3.45. The van der Waals surface area contributed by atoms with E-state index < -0.39 is 0 Å². The van der Waals surface area contributed by atoms with Gasteiger partial charge in [0.15, 0.2) is 0 Å². The van der Waals surface area contributed by atoms with Gasteiger partial charge < -0.3 is 10.6 Å². The van der Waals surface area contributed by atoms with Crippen molar-refractivity contribution in [3.8, 4) is 0 Å². The Morgan fingerprint density at radius 1 is 1.29 bits per heavy atom. The molecule has 2 N–H and O–H groups in total. The van der Waals surface area contributed by atoms with E-state index in [0.29, 0.717) is 5.92 Å². The minimum atomic E-state index is 0.0150. The van der Waals surface area contributed by atoms with E-state index >= 15 is 0 Å². The Kier molecular flexibility index (Phi) is 4.87. The second kappa shape index (κ2) is 5.96. The van der Waals surface area contributed by atoms with E-state index in [1.807, 2.05) is 6.20 Å². The largest absolute Gasteiger partial charge is 0.365 e. The van der Waals surface area contributed by atoms with Crippen LogP contribution in [0.1, 0.15) is 40.2 Å². The van der Waals surface area contributed by atoms with Crippen LogP contribution in [0.15, 0.2) is 12.5 Å². The molecule has 0 atom stereocenters. The van der Waals surface area contributed by atoms with Crippen molar-refractivity contribution < 1.29 is 0 Å². The maximum Gasteiger partial charge on any atom is 0.134 e. The summed E-state index contributed by atoms with van der Waals surface area (Å²) in [6, 6.07) is 0. The van der Waals surface area contributed by atoms with Crippen molar-refractivity contribution in [1.82, 2.24) is 15.3 Å².